The fraction of sp³-hybridized carbons (Fsp3) is 0.269. The first-order valence-corrected chi connectivity index (χ1v) is 27.8. The molecule has 12 rings (SSSR count). The Morgan fingerprint density at radius 1 is 0.462 bits per heavy atom. The van der Waals surface area contributed by atoms with Gasteiger partial charge in [0.1, 0.15) is 0 Å². The Labute approximate surface area is 484 Å². The molecular formula is C67H72B2BrLiN2O5. The maximum absolute atomic E-state index is 6.34. The van der Waals surface area contributed by atoms with Crippen molar-refractivity contribution in [2.75, 3.05) is 0 Å². The van der Waals surface area contributed by atoms with Crippen LogP contribution in [0.25, 0.3) is 77.2 Å². The van der Waals surface area contributed by atoms with Crippen molar-refractivity contribution in [3.8, 4) is 33.6 Å². The zero-order valence-corrected chi connectivity index (χ0v) is 49.2. The van der Waals surface area contributed by atoms with Gasteiger partial charge in [-0.2, -0.15) is 6.42 Å². The average molecular weight is 1090 g/mol. The summed E-state index contributed by atoms with van der Waals surface area (Å²) in [5, 5.41) is 4.96. The van der Waals surface area contributed by atoms with Crippen molar-refractivity contribution in [1.29, 1.82) is 0 Å². The molecule has 0 unspecified atom stereocenters. The van der Waals surface area contributed by atoms with Crippen molar-refractivity contribution in [1.82, 2.24) is 9.13 Å². The molecule has 2 aliphatic rings. The molecule has 7 nitrogen and oxygen atoms in total. The maximum atomic E-state index is 6.34. The molecule has 78 heavy (non-hydrogen) atoms. The van der Waals surface area contributed by atoms with Crippen molar-refractivity contribution in [2.24, 2.45) is 0 Å². The third-order valence-electron chi connectivity index (χ3n) is 15.2. The minimum atomic E-state index is -0.523. The summed E-state index contributed by atoms with van der Waals surface area (Å²) >= 11 is 3.62. The average Bonchev–Trinajstić information content (AvgIpc) is 4.10. The van der Waals surface area contributed by atoms with Gasteiger partial charge in [-0.25, -0.2) is 0 Å². The molecule has 2 aliphatic heterocycles. The number of nitrogens with zero attached hydrogens (tertiary/aromatic N) is 2. The van der Waals surface area contributed by atoms with Gasteiger partial charge in [-0.15, -0.1) is 0 Å². The Kier molecular flexibility index (Phi) is 18.3. The molecular weight excluding hydrogens is 1020 g/mol. The summed E-state index contributed by atoms with van der Waals surface area (Å²) in [7, 11) is -0.900. The van der Waals surface area contributed by atoms with Crippen LogP contribution < -0.4 is 24.3 Å². The SMILES string of the molecule is Brc1ccc2c(c1)c1ccccc1n2-c1cccc(-c2ccccc2)c1.CC(C)OB1OC(C)(C)C(C)(C)O1.CC1(C)OB(c2ccc3c(c2)c2ccccc2n3-c2cccc(-c3ccccc3)c2)OC1(C)C.[CH2-]CCC.[Li+]. The number of rotatable bonds is 8. The first-order chi connectivity index (χ1) is 36.8. The first kappa shape index (κ1) is 58.5. The first-order valence-electron chi connectivity index (χ1n) is 27.0. The van der Waals surface area contributed by atoms with Crippen LogP contribution >= 0.6 is 15.9 Å². The summed E-state index contributed by atoms with van der Waals surface area (Å²) in [5.41, 5.74) is 11.7. The molecule has 0 amide bonds. The van der Waals surface area contributed by atoms with Crippen molar-refractivity contribution in [2.45, 2.75) is 118 Å². The van der Waals surface area contributed by atoms with E-state index in [1.54, 1.807) is 0 Å². The standard InChI is InChI=1S/C30H28BNO2.C24H16BrN.C9H19BO3.C4H9.Li/c1-29(2)30(3,4)34-31(33-29)23-17-18-28-26(20-23)25-15-8-9-16-27(25)32(28)24-14-10-13-22(19-24)21-11-6-5-7-12-21;25-19-13-14-24-22(16-19)21-11-4-5-12-23(21)26(24)20-10-6-9-18(15-20)17-7-2-1-3-8-17;1-7(2)11-10-12-8(3,4)9(5,6)13-10;1-3-4-2;/h5-20H,1-4H3;1-16H;7H,1-6H3;1,3-4H2,2H3;/q;;;-1;+1. The number of fused-ring (bicyclic) bond motifs is 6. The van der Waals surface area contributed by atoms with Gasteiger partial charge in [0, 0.05) is 43.5 Å². The smallest absolute Gasteiger partial charge is 0.399 e. The number of hydrogen-bond donors (Lipinski definition) is 0. The van der Waals surface area contributed by atoms with Gasteiger partial charge in [-0.05, 0) is 158 Å². The van der Waals surface area contributed by atoms with Crippen LogP contribution in [0.1, 0.15) is 89.0 Å². The Hall–Kier alpha value is -5.63. The normalized spacial score (nSPS) is 15.8. The Morgan fingerprint density at radius 2 is 0.846 bits per heavy atom. The summed E-state index contributed by atoms with van der Waals surface area (Å²) < 4.78 is 35.2. The summed E-state index contributed by atoms with van der Waals surface area (Å²) in [6.45, 7) is 26.1. The Balaban J connectivity index is 0.000000161. The molecule has 2 fully saturated rings. The van der Waals surface area contributed by atoms with E-state index in [0.29, 0.717) is 0 Å². The molecule has 10 aromatic rings. The molecule has 0 radical (unpaired) electrons. The van der Waals surface area contributed by atoms with Gasteiger partial charge >= 0.3 is 33.3 Å². The van der Waals surface area contributed by atoms with Gasteiger partial charge in [-0.3, -0.25) is 0 Å². The molecule has 0 N–H and O–H groups in total. The van der Waals surface area contributed by atoms with Crippen molar-refractivity contribution in [3.05, 3.63) is 206 Å². The number of aromatic nitrogens is 2. The molecule has 2 saturated heterocycles. The van der Waals surface area contributed by atoms with Crippen LogP contribution in [0.2, 0.25) is 0 Å². The van der Waals surface area contributed by atoms with Crippen LogP contribution in [0.5, 0.6) is 0 Å². The molecule has 2 aromatic heterocycles. The van der Waals surface area contributed by atoms with Crippen molar-refractivity contribution in [3.63, 3.8) is 0 Å². The number of hydrogen-bond acceptors (Lipinski definition) is 5. The van der Waals surface area contributed by atoms with Gasteiger partial charge in [-0.1, -0.05) is 163 Å². The predicted molar refractivity (Wildman–Crippen MR) is 328 cm³/mol. The van der Waals surface area contributed by atoms with Crippen molar-refractivity contribution >= 4 is 79.4 Å². The number of benzene rings is 8. The number of halogens is 1. The molecule has 11 heteroatoms. The van der Waals surface area contributed by atoms with E-state index in [9.17, 15) is 0 Å². The Morgan fingerprint density at radius 3 is 1.29 bits per heavy atom. The minimum absolute atomic E-state index is 0. The zero-order valence-electron chi connectivity index (χ0n) is 47.6. The van der Waals surface area contributed by atoms with Gasteiger partial charge in [0.05, 0.1) is 44.5 Å². The summed E-state index contributed by atoms with van der Waals surface area (Å²) in [5.74, 6) is 0. The van der Waals surface area contributed by atoms with E-state index in [1.807, 2.05) is 41.5 Å². The second-order valence-corrected chi connectivity index (χ2v) is 23.1. The topological polar surface area (TPSA) is 56.0 Å². The van der Waals surface area contributed by atoms with Crippen LogP contribution in [0.15, 0.2) is 199 Å². The molecule has 8 aromatic carbocycles. The summed E-state index contributed by atoms with van der Waals surface area (Å²) in [4.78, 5) is 0. The molecule has 0 aliphatic carbocycles. The van der Waals surface area contributed by atoms with Crippen LogP contribution in [-0.2, 0) is 23.3 Å². The molecule has 0 saturated carbocycles. The summed E-state index contributed by atoms with van der Waals surface area (Å²) in [6.07, 6.45) is 2.40. The van der Waals surface area contributed by atoms with Gasteiger partial charge in [0.25, 0.3) is 0 Å². The van der Waals surface area contributed by atoms with E-state index in [4.69, 9.17) is 23.3 Å². The van der Waals surface area contributed by atoms with E-state index in [0.717, 1.165) is 22.0 Å². The number of para-hydroxylation sites is 2. The third kappa shape index (κ3) is 12.4. The van der Waals surface area contributed by atoms with E-state index in [2.05, 4.69) is 261 Å². The van der Waals surface area contributed by atoms with Crippen LogP contribution in [0, 0.1) is 6.92 Å². The third-order valence-corrected chi connectivity index (χ3v) is 15.7. The van der Waals surface area contributed by atoms with Gasteiger partial charge in [0.2, 0.25) is 0 Å². The number of unbranched alkanes of at least 4 members (excludes halogenated alkanes) is 1. The quantitative estimate of drug-likeness (QED) is 0.112. The van der Waals surface area contributed by atoms with E-state index < -0.39 is 7.32 Å². The monoisotopic (exact) mass is 1090 g/mol. The van der Waals surface area contributed by atoms with Gasteiger partial charge < -0.3 is 39.3 Å². The van der Waals surface area contributed by atoms with Crippen LogP contribution in [0.3, 0.4) is 0 Å². The molecule has 394 valence electrons. The molecule has 4 heterocycles. The molecule has 0 bridgehead atoms. The minimum Gasteiger partial charge on any atom is -0.399 e. The molecule has 0 spiro atoms. The van der Waals surface area contributed by atoms with Gasteiger partial charge in [0.15, 0.2) is 0 Å². The maximum Gasteiger partial charge on any atom is 1.00 e. The largest absolute Gasteiger partial charge is 1.00 e. The predicted octanol–water partition coefficient (Wildman–Crippen LogP) is 14.6. The second kappa shape index (κ2) is 24.4. The Bertz CT molecular complexity index is 3600. The van der Waals surface area contributed by atoms with E-state index in [-0.39, 0.29) is 54.5 Å². The van der Waals surface area contributed by atoms with Crippen molar-refractivity contribution < 1.29 is 42.1 Å². The van der Waals surface area contributed by atoms with Crippen LogP contribution in [-0.4, -0.2) is 52.1 Å². The molecule has 0 atom stereocenters. The zero-order chi connectivity index (χ0) is 54.7. The van der Waals surface area contributed by atoms with Crippen LogP contribution in [0.4, 0.5) is 0 Å². The fourth-order valence-corrected chi connectivity index (χ4v) is 9.96. The summed E-state index contributed by atoms with van der Waals surface area (Å²) in [6, 6.07) is 68.8. The fourth-order valence-electron chi connectivity index (χ4n) is 9.59. The second-order valence-electron chi connectivity index (χ2n) is 22.1. The van der Waals surface area contributed by atoms with E-state index in [1.165, 1.54) is 78.0 Å². The van der Waals surface area contributed by atoms with E-state index >= 15 is 0 Å².